The predicted octanol–water partition coefficient (Wildman–Crippen LogP) is 2.33. The van der Waals surface area contributed by atoms with Gasteiger partial charge in [-0.3, -0.25) is 19.3 Å². The number of nitrogens with one attached hydrogen (secondary N) is 1. The van der Waals surface area contributed by atoms with Crippen LogP contribution < -0.4 is 9.46 Å². The van der Waals surface area contributed by atoms with Gasteiger partial charge in [-0.2, -0.15) is 0 Å². The molecule has 8 nitrogen and oxygen atoms in total. The van der Waals surface area contributed by atoms with Crippen LogP contribution in [0.1, 0.15) is 35.7 Å². The second kappa shape index (κ2) is 9.08. The molecule has 0 spiro atoms. The number of methoxy groups -OCH3 is 1. The molecule has 9 heteroatoms. The molecule has 0 saturated heterocycles. The van der Waals surface area contributed by atoms with Gasteiger partial charge < -0.3 is 9.47 Å². The number of Topliss-reactive ketones (excluding diaryl/α,β-unsaturated/α-hetero) is 1. The Hall–Kier alpha value is -3.20. The van der Waals surface area contributed by atoms with Crippen LogP contribution in [0, 0.1) is 0 Å². The van der Waals surface area contributed by atoms with Crippen LogP contribution in [0.3, 0.4) is 0 Å². The van der Waals surface area contributed by atoms with Gasteiger partial charge in [-0.1, -0.05) is 12.1 Å². The van der Waals surface area contributed by atoms with Crippen LogP contribution in [-0.4, -0.2) is 45.8 Å². The Labute approximate surface area is 175 Å². The second-order valence-corrected chi connectivity index (χ2v) is 8.31. The largest absolute Gasteiger partial charge is 0.497 e. The molecule has 0 saturated carbocycles. The zero-order valence-corrected chi connectivity index (χ0v) is 17.4. The van der Waals surface area contributed by atoms with Crippen molar-refractivity contribution in [2.24, 2.45) is 4.99 Å². The Morgan fingerprint density at radius 1 is 1.10 bits per heavy atom. The van der Waals surface area contributed by atoms with Gasteiger partial charge in [0.1, 0.15) is 11.6 Å². The molecule has 1 atom stereocenters. The summed E-state index contributed by atoms with van der Waals surface area (Å²) in [6.45, 7) is 1.76. The first kappa shape index (κ1) is 21.5. The molecule has 2 aromatic carbocycles. The third-order valence-electron chi connectivity index (χ3n) is 4.52. The number of nitrogens with zero attached hydrogens (tertiary/aromatic N) is 1. The van der Waals surface area contributed by atoms with Crippen LogP contribution in [0.15, 0.2) is 58.4 Å². The molecule has 0 radical (unpaired) electrons. The number of benzene rings is 2. The smallest absolute Gasteiger partial charge is 0.306 e. The third-order valence-corrected chi connectivity index (χ3v) is 5.92. The number of rotatable bonds is 8. The van der Waals surface area contributed by atoms with Crippen LogP contribution in [0.4, 0.5) is 0 Å². The third kappa shape index (κ3) is 4.85. The van der Waals surface area contributed by atoms with E-state index >= 15 is 0 Å². The minimum absolute atomic E-state index is 0.0609. The number of hydrogen-bond acceptors (Lipinski definition) is 7. The molecular weight excluding hydrogens is 408 g/mol. The number of carbonyl (C=O) groups is 2. The van der Waals surface area contributed by atoms with Crippen LogP contribution in [0.5, 0.6) is 5.75 Å². The molecule has 158 valence electrons. The number of ketones is 1. The summed E-state index contributed by atoms with van der Waals surface area (Å²) in [6, 6.07) is 13.1. The molecular formula is C21H22N2O6S. The molecule has 0 bridgehead atoms. The first-order valence-electron chi connectivity index (χ1n) is 9.36. The van der Waals surface area contributed by atoms with Gasteiger partial charge in [-0.25, -0.2) is 8.42 Å². The van der Waals surface area contributed by atoms with Gasteiger partial charge in [-0.05, 0) is 49.7 Å². The molecule has 0 amide bonds. The van der Waals surface area contributed by atoms with Crippen LogP contribution in [0.25, 0.3) is 0 Å². The van der Waals surface area contributed by atoms with E-state index in [9.17, 15) is 18.0 Å². The van der Waals surface area contributed by atoms with Gasteiger partial charge in [0.2, 0.25) is 5.78 Å². The minimum atomic E-state index is -3.58. The van der Waals surface area contributed by atoms with Gasteiger partial charge in [0.15, 0.2) is 6.10 Å². The van der Waals surface area contributed by atoms with E-state index in [0.717, 1.165) is 0 Å². The molecule has 2 aromatic rings. The van der Waals surface area contributed by atoms with Crippen LogP contribution in [-0.2, 0) is 19.6 Å². The molecule has 0 aliphatic carbocycles. The normalized spacial score (nSPS) is 16.4. The van der Waals surface area contributed by atoms with Crippen molar-refractivity contribution < 1.29 is 27.5 Å². The lowest BCUT2D eigenvalue weighted by molar-refractivity contribution is -0.146. The van der Waals surface area contributed by atoms with Gasteiger partial charge in [-0.15, -0.1) is 0 Å². The SMILES string of the molecule is COc1ccc(C(=O)[C@H](C)OC(=O)CCCN=C2NS(=O)(=O)c3ccccc32)cc1. The average molecular weight is 430 g/mol. The maximum Gasteiger partial charge on any atom is 0.306 e. The molecule has 1 aliphatic heterocycles. The first-order valence-corrected chi connectivity index (χ1v) is 10.8. The monoisotopic (exact) mass is 430 g/mol. The predicted molar refractivity (Wildman–Crippen MR) is 110 cm³/mol. The highest BCUT2D eigenvalue weighted by Gasteiger charge is 2.29. The lowest BCUT2D eigenvalue weighted by Gasteiger charge is -2.12. The Morgan fingerprint density at radius 3 is 2.50 bits per heavy atom. The molecule has 0 fully saturated rings. The summed E-state index contributed by atoms with van der Waals surface area (Å²) >= 11 is 0. The molecule has 3 rings (SSSR count). The van der Waals surface area contributed by atoms with E-state index < -0.39 is 22.1 Å². The van der Waals surface area contributed by atoms with E-state index in [4.69, 9.17) is 9.47 Å². The molecule has 0 unspecified atom stereocenters. The fourth-order valence-corrected chi connectivity index (χ4v) is 4.22. The number of ether oxygens (including phenoxy) is 2. The number of hydrogen-bond donors (Lipinski definition) is 1. The zero-order valence-electron chi connectivity index (χ0n) is 16.6. The fraction of sp³-hybridized carbons (Fsp3) is 0.286. The van der Waals surface area contributed by atoms with E-state index in [2.05, 4.69) is 9.71 Å². The summed E-state index contributed by atoms with van der Waals surface area (Å²) < 4.78 is 36.7. The Balaban J connectivity index is 1.49. The van der Waals surface area contributed by atoms with Crippen molar-refractivity contribution in [3.05, 3.63) is 59.7 Å². The van der Waals surface area contributed by atoms with Gasteiger partial charge in [0, 0.05) is 24.1 Å². The highest BCUT2D eigenvalue weighted by Crippen LogP contribution is 2.22. The van der Waals surface area contributed by atoms with Crippen LogP contribution >= 0.6 is 0 Å². The fourth-order valence-electron chi connectivity index (χ4n) is 2.97. The zero-order chi connectivity index (χ0) is 21.7. The van der Waals surface area contributed by atoms with E-state index in [0.29, 0.717) is 23.3 Å². The summed E-state index contributed by atoms with van der Waals surface area (Å²) in [5.74, 6) is 0.0761. The lowest BCUT2D eigenvalue weighted by Crippen LogP contribution is -2.24. The van der Waals surface area contributed by atoms with Crippen LogP contribution in [0.2, 0.25) is 0 Å². The molecule has 1 N–H and O–H groups in total. The van der Waals surface area contributed by atoms with E-state index in [1.165, 1.54) is 20.1 Å². The maximum absolute atomic E-state index is 12.4. The standard InChI is InChI=1S/C21H22N2O6S/c1-14(20(25)15-9-11-16(28-2)12-10-15)29-19(24)8-5-13-22-21-17-6-3-4-7-18(17)30(26,27)23-21/h3-4,6-7,9-12,14H,5,8,13H2,1-2H3,(H,22,23)/t14-/m0/s1. The number of amidine groups is 1. The van der Waals surface area contributed by atoms with Crippen molar-refractivity contribution in [3.63, 3.8) is 0 Å². The van der Waals surface area contributed by atoms with Crippen molar-refractivity contribution >= 4 is 27.6 Å². The highest BCUT2D eigenvalue weighted by molar-refractivity contribution is 7.90. The molecule has 0 aromatic heterocycles. The van der Waals surface area contributed by atoms with Crippen molar-refractivity contribution in [2.45, 2.75) is 30.8 Å². The topological polar surface area (TPSA) is 111 Å². The molecule has 30 heavy (non-hydrogen) atoms. The van der Waals surface area contributed by atoms with Gasteiger partial charge >= 0.3 is 5.97 Å². The first-order chi connectivity index (χ1) is 14.3. The quantitative estimate of drug-likeness (QED) is 0.391. The van der Waals surface area contributed by atoms with Crippen molar-refractivity contribution in [2.75, 3.05) is 13.7 Å². The number of sulfonamides is 1. The summed E-state index contributed by atoms with van der Waals surface area (Å²) in [6.07, 6.45) is -0.494. The Morgan fingerprint density at radius 2 is 1.80 bits per heavy atom. The van der Waals surface area contributed by atoms with E-state index in [1.807, 2.05) is 0 Å². The summed E-state index contributed by atoms with van der Waals surface area (Å²) in [4.78, 5) is 28.8. The summed E-state index contributed by atoms with van der Waals surface area (Å²) in [5, 5.41) is 0. The minimum Gasteiger partial charge on any atom is -0.497 e. The highest BCUT2D eigenvalue weighted by atomic mass is 32.2. The maximum atomic E-state index is 12.4. The number of aliphatic imine (C=N–C) groups is 1. The molecule has 1 heterocycles. The number of carbonyl (C=O) groups excluding carboxylic acids is 2. The van der Waals surface area contributed by atoms with Crippen molar-refractivity contribution in [3.8, 4) is 5.75 Å². The number of fused-ring (bicyclic) bond motifs is 1. The van der Waals surface area contributed by atoms with E-state index in [1.54, 1.807) is 42.5 Å². The Bertz CT molecular complexity index is 1080. The Kier molecular flexibility index (Phi) is 6.51. The number of esters is 1. The van der Waals surface area contributed by atoms with Gasteiger partial charge in [0.05, 0.1) is 12.0 Å². The van der Waals surface area contributed by atoms with Crippen molar-refractivity contribution in [1.82, 2.24) is 4.72 Å². The van der Waals surface area contributed by atoms with Gasteiger partial charge in [0.25, 0.3) is 10.0 Å². The second-order valence-electron chi connectivity index (χ2n) is 6.66. The van der Waals surface area contributed by atoms with Crippen molar-refractivity contribution in [1.29, 1.82) is 0 Å². The van der Waals surface area contributed by atoms with E-state index in [-0.39, 0.29) is 29.5 Å². The summed E-state index contributed by atoms with van der Waals surface area (Å²) in [7, 11) is -2.05. The summed E-state index contributed by atoms with van der Waals surface area (Å²) in [5.41, 5.74) is 0.938. The lowest BCUT2D eigenvalue weighted by atomic mass is 10.1. The average Bonchev–Trinajstić information content (AvgIpc) is 3.01. The molecule has 1 aliphatic rings.